The molecule has 0 bridgehead atoms. The zero-order chi connectivity index (χ0) is 18.7. The van der Waals surface area contributed by atoms with Crippen LogP contribution in [0.2, 0.25) is 0 Å². The number of carbonyl (C=O) groups excluding carboxylic acids is 3. The molecule has 1 spiro atoms. The highest BCUT2D eigenvalue weighted by Gasteiger charge is 2.51. The number of nitrogens with zero attached hydrogens (tertiary/aromatic N) is 1. The van der Waals surface area contributed by atoms with Gasteiger partial charge in [-0.25, -0.2) is 9.18 Å². The molecule has 1 aliphatic heterocycles. The van der Waals surface area contributed by atoms with E-state index in [9.17, 15) is 23.9 Å². The smallest absolute Gasteiger partial charge is 0.325 e. The summed E-state index contributed by atoms with van der Waals surface area (Å²) in [4.78, 5) is 37.7. The number of aliphatic hydroxyl groups excluding tert-OH is 1. The molecule has 8 heteroatoms. The number of benzene rings is 1. The van der Waals surface area contributed by atoms with Crippen molar-refractivity contribution in [2.75, 3.05) is 13.1 Å². The lowest BCUT2D eigenvalue weighted by molar-refractivity contribution is -0.135. The summed E-state index contributed by atoms with van der Waals surface area (Å²) < 4.78 is 13.2. The van der Waals surface area contributed by atoms with E-state index in [1.165, 1.54) is 18.2 Å². The van der Waals surface area contributed by atoms with Crippen LogP contribution in [-0.2, 0) is 9.59 Å². The van der Waals surface area contributed by atoms with E-state index in [1.54, 1.807) is 6.07 Å². The highest BCUT2D eigenvalue weighted by Crippen LogP contribution is 2.33. The molecule has 1 aromatic rings. The molecule has 1 saturated heterocycles. The first-order valence-electron chi connectivity index (χ1n) is 8.76. The van der Waals surface area contributed by atoms with Gasteiger partial charge in [-0.05, 0) is 30.5 Å². The van der Waals surface area contributed by atoms with E-state index in [4.69, 9.17) is 0 Å². The number of nitrogens with one attached hydrogen (secondary N) is 2. The van der Waals surface area contributed by atoms with Crippen LogP contribution in [0.25, 0.3) is 0 Å². The Morgan fingerprint density at radius 3 is 2.73 bits per heavy atom. The van der Waals surface area contributed by atoms with Crippen molar-refractivity contribution in [1.29, 1.82) is 0 Å². The number of carbonyl (C=O) groups is 3. The summed E-state index contributed by atoms with van der Waals surface area (Å²) in [5.41, 5.74) is -0.530. The molecule has 1 atom stereocenters. The molecular formula is C18H22FN3O4. The van der Waals surface area contributed by atoms with Crippen LogP contribution in [0.1, 0.15) is 43.8 Å². The van der Waals surface area contributed by atoms with Crippen molar-refractivity contribution in [3.05, 3.63) is 35.6 Å². The van der Waals surface area contributed by atoms with Crippen LogP contribution < -0.4 is 10.6 Å². The third kappa shape index (κ3) is 3.70. The van der Waals surface area contributed by atoms with E-state index < -0.39 is 35.9 Å². The molecule has 1 heterocycles. The maximum absolute atomic E-state index is 13.2. The van der Waals surface area contributed by atoms with Gasteiger partial charge in [-0.1, -0.05) is 31.4 Å². The standard InChI is InChI=1S/C18H22FN3O4/c19-13-6-4-5-12(9-13)14(23)10-20-15(24)11-22-16(25)18(21-17(22)26)7-2-1-3-8-18/h4-6,9,14,23H,1-3,7-8,10-11H2,(H,20,24)(H,21,26). The van der Waals surface area contributed by atoms with Crippen LogP contribution in [0.15, 0.2) is 24.3 Å². The van der Waals surface area contributed by atoms with Gasteiger partial charge in [0.15, 0.2) is 0 Å². The lowest BCUT2D eigenvalue weighted by Crippen LogP contribution is -2.49. The topological polar surface area (TPSA) is 98.7 Å². The molecule has 7 nitrogen and oxygen atoms in total. The van der Waals surface area contributed by atoms with Crippen molar-refractivity contribution in [3.63, 3.8) is 0 Å². The number of hydrogen-bond donors (Lipinski definition) is 3. The molecule has 1 saturated carbocycles. The molecule has 3 N–H and O–H groups in total. The largest absolute Gasteiger partial charge is 0.387 e. The number of imide groups is 1. The van der Waals surface area contributed by atoms with Crippen LogP contribution in [0.5, 0.6) is 0 Å². The molecule has 1 aliphatic carbocycles. The van der Waals surface area contributed by atoms with Gasteiger partial charge in [-0.3, -0.25) is 14.5 Å². The molecule has 140 valence electrons. The van der Waals surface area contributed by atoms with Crippen molar-refractivity contribution in [3.8, 4) is 0 Å². The van der Waals surface area contributed by atoms with Crippen molar-refractivity contribution in [2.24, 2.45) is 0 Å². The number of aliphatic hydroxyl groups is 1. The Morgan fingerprint density at radius 2 is 2.04 bits per heavy atom. The van der Waals surface area contributed by atoms with Gasteiger partial charge in [0.1, 0.15) is 17.9 Å². The Balaban J connectivity index is 1.54. The van der Waals surface area contributed by atoms with Crippen LogP contribution >= 0.6 is 0 Å². The van der Waals surface area contributed by atoms with E-state index in [0.717, 1.165) is 24.2 Å². The summed E-state index contributed by atoms with van der Waals surface area (Å²) in [5.74, 6) is -1.40. The van der Waals surface area contributed by atoms with Gasteiger partial charge in [-0.2, -0.15) is 0 Å². The maximum Gasteiger partial charge on any atom is 0.325 e. The lowest BCUT2D eigenvalue weighted by atomic mass is 9.82. The van der Waals surface area contributed by atoms with Crippen LogP contribution in [-0.4, -0.2) is 46.5 Å². The molecule has 0 aromatic heterocycles. The number of hydrogen-bond acceptors (Lipinski definition) is 4. The van der Waals surface area contributed by atoms with Gasteiger partial charge in [-0.15, -0.1) is 0 Å². The number of amides is 4. The van der Waals surface area contributed by atoms with Crippen molar-refractivity contribution in [2.45, 2.75) is 43.7 Å². The Kier molecular flexibility index (Phi) is 5.22. The van der Waals surface area contributed by atoms with Crippen molar-refractivity contribution >= 4 is 17.8 Å². The Labute approximate surface area is 150 Å². The Morgan fingerprint density at radius 1 is 1.31 bits per heavy atom. The molecule has 26 heavy (non-hydrogen) atoms. The predicted octanol–water partition coefficient (Wildman–Crippen LogP) is 1.23. The molecule has 0 radical (unpaired) electrons. The summed E-state index contributed by atoms with van der Waals surface area (Å²) in [6, 6.07) is 4.89. The first-order valence-corrected chi connectivity index (χ1v) is 8.76. The second kappa shape index (κ2) is 7.41. The maximum atomic E-state index is 13.2. The zero-order valence-corrected chi connectivity index (χ0v) is 14.3. The molecule has 2 aliphatic rings. The highest BCUT2D eigenvalue weighted by atomic mass is 19.1. The lowest BCUT2D eigenvalue weighted by Gasteiger charge is -2.30. The van der Waals surface area contributed by atoms with Gasteiger partial charge in [0, 0.05) is 6.54 Å². The monoisotopic (exact) mass is 363 g/mol. The fourth-order valence-corrected chi connectivity index (χ4v) is 3.56. The zero-order valence-electron chi connectivity index (χ0n) is 14.3. The second-order valence-electron chi connectivity index (χ2n) is 6.84. The fraction of sp³-hybridized carbons (Fsp3) is 0.500. The van der Waals surface area contributed by atoms with Gasteiger partial charge < -0.3 is 15.7 Å². The minimum absolute atomic E-state index is 0.142. The van der Waals surface area contributed by atoms with Gasteiger partial charge in [0.2, 0.25) is 5.91 Å². The Bertz CT molecular complexity index is 718. The third-order valence-electron chi connectivity index (χ3n) is 4.98. The quantitative estimate of drug-likeness (QED) is 0.685. The van der Waals surface area contributed by atoms with Gasteiger partial charge >= 0.3 is 6.03 Å². The van der Waals surface area contributed by atoms with Crippen molar-refractivity contribution in [1.82, 2.24) is 15.5 Å². The van der Waals surface area contributed by atoms with E-state index in [2.05, 4.69) is 10.6 Å². The van der Waals surface area contributed by atoms with E-state index >= 15 is 0 Å². The van der Waals surface area contributed by atoms with E-state index in [1.807, 2.05) is 0 Å². The fourth-order valence-electron chi connectivity index (χ4n) is 3.56. The van der Waals surface area contributed by atoms with Gasteiger partial charge in [0.05, 0.1) is 6.10 Å². The summed E-state index contributed by atoms with van der Waals surface area (Å²) in [6.45, 7) is -0.542. The van der Waals surface area contributed by atoms with Crippen LogP contribution in [0, 0.1) is 5.82 Å². The minimum atomic E-state index is -1.08. The number of halogens is 1. The molecule has 1 unspecified atom stereocenters. The normalized spacial score (nSPS) is 20.2. The molecule has 4 amide bonds. The Hall–Kier alpha value is -2.48. The predicted molar refractivity (Wildman–Crippen MR) is 90.4 cm³/mol. The highest BCUT2D eigenvalue weighted by molar-refractivity contribution is 6.09. The molecule has 3 rings (SSSR count). The summed E-state index contributed by atoms with van der Waals surface area (Å²) >= 11 is 0. The van der Waals surface area contributed by atoms with Crippen LogP contribution in [0.3, 0.4) is 0 Å². The van der Waals surface area contributed by atoms with Crippen LogP contribution in [0.4, 0.5) is 9.18 Å². The molecule has 1 aromatic carbocycles. The summed E-state index contributed by atoms with van der Waals surface area (Å²) in [6.07, 6.45) is 2.87. The van der Waals surface area contributed by atoms with Gasteiger partial charge in [0.25, 0.3) is 5.91 Å². The van der Waals surface area contributed by atoms with E-state index in [-0.39, 0.29) is 12.5 Å². The SMILES string of the molecule is O=C(CN1C(=O)NC2(CCCCC2)C1=O)NCC(O)c1cccc(F)c1. The minimum Gasteiger partial charge on any atom is -0.387 e. The first kappa shape index (κ1) is 18.3. The van der Waals surface area contributed by atoms with Crippen molar-refractivity contribution < 1.29 is 23.9 Å². The average molecular weight is 363 g/mol. The first-order chi connectivity index (χ1) is 12.4. The third-order valence-corrected chi connectivity index (χ3v) is 4.98. The van der Waals surface area contributed by atoms with E-state index in [0.29, 0.717) is 18.4 Å². The number of rotatable bonds is 5. The average Bonchev–Trinajstić information content (AvgIpc) is 2.84. The summed E-state index contributed by atoms with van der Waals surface area (Å²) in [7, 11) is 0. The summed E-state index contributed by atoms with van der Waals surface area (Å²) in [5, 5.41) is 15.2. The number of urea groups is 1. The molecular weight excluding hydrogens is 341 g/mol. The second-order valence-corrected chi connectivity index (χ2v) is 6.84. The molecule has 2 fully saturated rings.